The largest absolute Gasteiger partial charge is 0.395 e. The van der Waals surface area contributed by atoms with Gasteiger partial charge in [0, 0.05) is 18.6 Å². The van der Waals surface area contributed by atoms with Gasteiger partial charge in [0.25, 0.3) is 0 Å². The van der Waals surface area contributed by atoms with Crippen LogP contribution in [0.4, 0.5) is 0 Å². The van der Waals surface area contributed by atoms with E-state index in [0.29, 0.717) is 18.6 Å². The molecule has 0 saturated carbocycles. The fourth-order valence-corrected chi connectivity index (χ4v) is 5.50. The Morgan fingerprint density at radius 2 is 1.79 bits per heavy atom. The smallest absolute Gasteiger partial charge is 0.234 e. The summed E-state index contributed by atoms with van der Waals surface area (Å²) in [5.74, 6) is 0.127. The van der Waals surface area contributed by atoms with Crippen LogP contribution in [0.1, 0.15) is 68.2 Å². The summed E-state index contributed by atoms with van der Waals surface area (Å²) < 4.78 is 0. The highest BCUT2D eigenvalue weighted by Gasteiger charge is 2.32. The number of aliphatic hydroxyl groups excluding tert-OH is 1. The van der Waals surface area contributed by atoms with Gasteiger partial charge in [0.1, 0.15) is 0 Å². The molecule has 3 aliphatic rings. The Balaban J connectivity index is 1.30. The summed E-state index contributed by atoms with van der Waals surface area (Å²) in [5, 5.41) is 12.8. The Labute approximate surface area is 175 Å². The number of hydrogen-bond acceptors (Lipinski definition) is 4. The average Bonchev–Trinajstić information content (AvgIpc) is 3.37. The van der Waals surface area contributed by atoms with Crippen molar-refractivity contribution in [3.63, 3.8) is 0 Å². The molecule has 2 aliphatic heterocycles. The number of carbonyl (C=O) groups excluding carboxylic acids is 1. The van der Waals surface area contributed by atoms with Crippen LogP contribution in [0.3, 0.4) is 0 Å². The summed E-state index contributed by atoms with van der Waals surface area (Å²) in [6.07, 6.45) is 9.54. The van der Waals surface area contributed by atoms with Crippen molar-refractivity contribution in [2.24, 2.45) is 0 Å². The second kappa shape index (κ2) is 9.59. The number of nitrogens with one attached hydrogen (secondary N) is 1. The Morgan fingerprint density at radius 1 is 1.07 bits per heavy atom. The van der Waals surface area contributed by atoms with Gasteiger partial charge in [-0.2, -0.15) is 0 Å². The molecule has 3 atom stereocenters. The molecule has 0 radical (unpaired) electrons. The van der Waals surface area contributed by atoms with Gasteiger partial charge in [-0.15, -0.1) is 0 Å². The lowest BCUT2D eigenvalue weighted by molar-refractivity contribution is -0.123. The van der Waals surface area contributed by atoms with Gasteiger partial charge in [0.05, 0.1) is 19.2 Å². The molecule has 160 valence electrons. The van der Waals surface area contributed by atoms with E-state index in [0.717, 1.165) is 38.9 Å². The van der Waals surface area contributed by atoms with E-state index in [9.17, 15) is 9.90 Å². The van der Waals surface area contributed by atoms with Gasteiger partial charge in [-0.05, 0) is 88.1 Å². The monoisotopic (exact) mass is 399 g/mol. The van der Waals surface area contributed by atoms with Gasteiger partial charge in [0.15, 0.2) is 0 Å². The molecule has 2 saturated heterocycles. The summed E-state index contributed by atoms with van der Waals surface area (Å²) >= 11 is 0. The van der Waals surface area contributed by atoms with Crippen molar-refractivity contribution in [2.75, 3.05) is 32.8 Å². The van der Waals surface area contributed by atoms with Crippen LogP contribution in [0.2, 0.25) is 0 Å². The lowest BCUT2D eigenvalue weighted by Gasteiger charge is -2.31. The third-order valence-corrected chi connectivity index (χ3v) is 7.25. The maximum absolute atomic E-state index is 12.8. The first-order chi connectivity index (χ1) is 14.1. The lowest BCUT2D eigenvalue weighted by Crippen LogP contribution is -2.46. The van der Waals surface area contributed by atoms with Gasteiger partial charge in [-0.25, -0.2) is 0 Å². The normalized spacial score (nSPS) is 26.4. The number of hydrogen-bond donors (Lipinski definition) is 2. The highest BCUT2D eigenvalue weighted by atomic mass is 16.3. The van der Waals surface area contributed by atoms with E-state index in [-0.39, 0.29) is 18.6 Å². The number of amides is 1. The predicted molar refractivity (Wildman–Crippen MR) is 116 cm³/mol. The molecule has 0 bridgehead atoms. The molecule has 0 unspecified atom stereocenters. The molecule has 1 aromatic rings. The molecule has 1 aromatic carbocycles. The molecule has 2 heterocycles. The second-order valence-corrected chi connectivity index (χ2v) is 9.26. The third kappa shape index (κ3) is 5.01. The number of aryl methyl sites for hydroxylation is 2. The topological polar surface area (TPSA) is 55.8 Å². The van der Waals surface area contributed by atoms with Gasteiger partial charge < -0.3 is 10.4 Å². The van der Waals surface area contributed by atoms with Crippen LogP contribution in [-0.2, 0) is 17.6 Å². The first-order valence-corrected chi connectivity index (χ1v) is 11.6. The number of rotatable bonds is 7. The van der Waals surface area contributed by atoms with Crippen LogP contribution < -0.4 is 5.32 Å². The molecule has 1 aliphatic carbocycles. The minimum Gasteiger partial charge on any atom is -0.395 e. The van der Waals surface area contributed by atoms with Crippen molar-refractivity contribution in [3.05, 3.63) is 34.9 Å². The SMILES string of the molecule is C[C@H](NC(=O)CN1CCC[C@H]1CN1CCC[C@@H]1CO)c1ccc2c(c1)CCCC2. The Kier molecular flexibility index (Phi) is 6.88. The predicted octanol–water partition coefficient (Wildman–Crippen LogP) is 2.66. The van der Waals surface area contributed by atoms with Crippen molar-refractivity contribution in [1.82, 2.24) is 15.1 Å². The van der Waals surface area contributed by atoms with E-state index >= 15 is 0 Å². The summed E-state index contributed by atoms with van der Waals surface area (Å²) in [7, 11) is 0. The summed E-state index contributed by atoms with van der Waals surface area (Å²) in [6, 6.07) is 7.56. The molecular weight excluding hydrogens is 362 g/mol. The first-order valence-electron chi connectivity index (χ1n) is 11.6. The summed E-state index contributed by atoms with van der Waals surface area (Å²) in [4.78, 5) is 17.5. The zero-order valence-corrected chi connectivity index (χ0v) is 17.9. The fourth-order valence-electron chi connectivity index (χ4n) is 5.50. The molecule has 4 rings (SSSR count). The van der Waals surface area contributed by atoms with E-state index < -0.39 is 0 Å². The molecule has 1 amide bonds. The highest BCUT2D eigenvalue weighted by molar-refractivity contribution is 5.78. The first kappa shape index (κ1) is 20.8. The average molecular weight is 400 g/mol. The number of carbonyl (C=O) groups is 1. The highest BCUT2D eigenvalue weighted by Crippen LogP contribution is 2.25. The molecule has 2 N–H and O–H groups in total. The summed E-state index contributed by atoms with van der Waals surface area (Å²) in [5.41, 5.74) is 4.18. The van der Waals surface area contributed by atoms with Crippen LogP contribution in [0.5, 0.6) is 0 Å². The van der Waals surface area contributed by atoms with E-state index in [1.807, 2.05) is 0 Å². The quantitative estimate of drug-likeness (QED) is 0.740. The van der Waals surface area contributed by atoms with E-state index in [2.05, 4.69) is 40.2 Å². The number of benzene rings is 1. The molecule has 29 heavy (non-hydrogen) atoms. The van der Waals surface area contributed by atoms with Crippen LogP contribution in [-0.4, -0.2) is 65.7 Å². The maximum Gasteiger partial charge on any atom is 0.234 e. The molecular formula is C24H37N3O2. The zero-order valence-electron chi connectivity index (χ0n) is 17.9. The third-order valence-electron chi connectivity index (χ3n) is 7.25. The minimum absolute atomic E-state index is 0.0492. The van der Waals surface area contributed by atoms with E-state index in [1.165, 1.54) is 48.8 Å². The Morgan fingerprint density at radius 3 is 2.59 bits per heavy atom. The van der Waals surface area contributed by atoms with Crippen molar-refractivity contribution < 1.29 is 9.90 Å². The number of aliphatic hydroxyl groups is 1. The van der Waals surface area contributed by atoms with Crippen molar-refractivity contribution >= 4 is 5.91 Å². The van der Waals surface area contributed by atoms with Crippen LogP contribution >= 0.6 is 0 Å². The summed E-state index contributed by atoms with van der Waals surface area (Å²) in [6.45, 7) is 5.90. The molecule has 5 nitrogen and oxygen atoms in total. The van der Waals surface area contributed by atoms with Crippen molar-refractivity contribution in [2.45, 2.75) is 76.4 Å². The minimum atomic E-state index is 0.0492. The number of nitrogens with zero attached hydrogens (tertiary/aromatic N) is 2. The Hall–Kier alpha value is -1.43. The molecule has 2 fully saturated rings. The standard InChI is InChI=1S/C24H37N3O2/c1-18(20-11-10-19-6-2-3-7-21(19)14-20)25-24(29)16-27-13-4-8-22(27)15-26-12-5-9-23(26)17-28/h10-11,14,18,22-23,28H,2-9,12-13,15-17H2,1H3,(H,25,29)/t18-,22-,23+/m0/s1. The Bertz CT molecular complexity index is 707. The van der Waals surface area contributed by atoms with E-state index in [1.54, 1.807) is 0 Å². The number of fused-ring (bicyclic) bond motifs is 1. The van der Waals surface area contributed by atoms with Crippen molar-refractivity contribution in [1.29, 1.82) is 0 Å². The lowest BCUT2D eigenvalue weighted by atomic mass is 9.89. The van der Waals surface area contributed by atoms with Crippen LogP contribution in [0, 0.1) is 0 Å². The molecule has 0 spiro atoms. The number of likely N-dealkylation sites (tertiary alicyclic amines) is 2. The van der Waals surface area contributed by atoms with Gasteiger partial charge in [0.2, 0.25) is 5.91 Å². The van der Waals surface area contributed by atoms with Crippen LogP contribution in [0.15, 0.2) is 18.2 Å². The van der Waals surface area contributed by atoms with Gasteiger partial charge in [-0.3, -0.25) is 14.6 Å². The van der Waals surface area contributed by atoms with Crippen LogP contribution in [0.25, 0.3) is 0 Å². The van der Waals surface area contributed by atoms with Gasteiger partial charge in [-0.1, -0.05) is 18.2 Å². The molecule has 5 heteroatoms. The maximum atomic E-state index is 12.8. The second-order valence-electron chi connectivity index (χ2n) is 9.26. The fraction of sp³-hybridized carbons (Fsp3) is 0.708. The van der Waals surface area contributed by atoms with Crippen molar-refractivity contribution in [3.8, 4) is 0 Å². The van der Waals surface area contributed by atoms with E-state index in [4.69, 9.17) is 0 Å². The van der Waals surface area contributed by atoms with Gasteiger partial charge >= 0.3 is 0 Å². The zero-order chi connectivity index (χ0) is 20.2. The molecule has 0 aromatic heterocycles.